The Morgan fingerprint density at radius 1 is 1.04 bits per heavy atom. The Balaban J connectivity index is 1.73. The lowest BCUT2D eigenvalue weighted by Crippen LogP contribution is -2.26. The van der Waals surface area contributed by atoms with Crippen molar-refractivity contribution in [3.05, 3.63) is 93.1 Å². The van der Waals surface area contributed by atoms with Crippen molar-refractivity contribution in [1.82, 2.24) is 0 Å². The molecule has 1 aromatic heterocycles. The SMILES string of the molecule is O=C(C=C1C(=O)N(Cc2ccccc2Cl)c2ccccc21)c1cccs1. The molecule has 0 fully saturated rings. The molecule has 0 atom stereocenters. The average Bonchev–Trinajstić information content (AvgIpc) is 3.27. The van der Waals surface area contributed by atoms with Gasteiger partial charge in [-0.3, -0.25) is 9.59 Å². The van der Waals surface area contributed by atoms with Crippen LogP contribution in [0.4, 0.5) is 5.69 Å². The lowest BCUT2D eigenvalue weighted by atomic mass is 10.1. The third-order valence-electron chi connectivity index (χ3n) is 4.29. The van der Waals surface area contributed by atoms with Crippen LogP contribution in [-0.4, -0.2) is 11.7 Å². The van der Waals surface area contributed by atoms with Gasteiger partial charge in [0.15, 0.2) is 5.78 Å². The lowest BCUT2D eigenvalue weighted by Gasteiger charge is -2.17. The van der Waals surface area contributed by atoms with Gasteiger partial charge in [0.05, 0.1) is 22.7 Å². The second-order valence-electron chi connectivity index (χ2n) is 5.90. The highest BCUT2D eigenvalue weighted by atomic mass is 35.5. The molecule has 5 heteroatoms. The third-order valence-corrected chi connectivity index (χ3v) is 5.54. The number of hydrogen-bond acceptors (Lipinski definition) is 3. The van der Waals surface area contributed by atoms with E-state index in [1.165, 1.54) is 17.4 Å². The Kier molecular flexibility index (Phi) is 4.45. The number of allylic oxidation sites excluding steroid dienone is 1. The van der Waals surface area contributed by atoms with E-state index in [1.807, 2.05) is 53.9 Å². The van der Waals surface area contributed by atoms with Crippen molar-refractivity contribution >= 4 is 45.9 Å². The van der Waals surface area contributed by atoms with E-state index in [0.717, 1.165) is 16.8 Å². The normalized spacial score (nSPS) is 14.7. The van der Waals surface area contributed by atoms with Gasteiger partial charge in [-0.1, -0.05) is 54.1 Å². The van der Waals surface area contributed by atoms with Gasteiger partial charge in [0, 0.05) is 16.7 Å². The molecule has 26 heavy (non-hydrogen) atoms. The van der Waals surface area contributed by atoms with E-state index in [4.69, 9.17) is 11.6 Å². The van der Waals surface area contributed by atoms with E-state index in [9.17, 15) is 9.59 Å². The molecule has 0 spiro atoms. The Bertz CT molecular complexity index is 1020. The van der Waals surface area contributed by atoms with E-state index in [1.54, 1.807) is 17.0 Å². The molecule has 0 aliphatic carbocycles. The third kappa shape index (κ3) is 2.98. The van der Waals surface area contributed by atoms with Crippen LogP contribution in [0, 0.1) is 0 Å². The molecule has 128 valence electrons. The van der Waals surface area contributed by atoms with Crippen LogP contribution in [0.2, 0.25) is 5.02 Å². The summed E-state index contributed by atoms with van der Waals surface area (Å²) in [5.41, 5.74) is 2.85. The Morgan fingerprint density at radius 3 is 2.58 bits per heavy atom. The molecular formula is C21H14ClNO2S. The predicted molar refractivity (Wildman–Crippen MR) is 106 cm³/mol. The van der Waals surface area contributed by atoms with Gasteiger partial charge in [0.1, 0.15) is 0 Å². The number of para-hydroxylation sites is 1. The highest BCUT2D eigenvalue weighted by molar-refractivity contribution is 7.12. The largest absolute Gasteiger partial charge is 0.303 e. The summed E-state index contributed by atoms with van der Waals surface area (Å²) in [5.74, 6) is -0.339. The zero-order valence-electron chi connectivity index (χ0n) is 13.7. The quantitative estimate of drug-likeness (QED) is 0.460. The molecule has 0 radical (unpaired) electrons. The van der Waals surface area contributed by atoms with Crippen LogP contribution >= 0.6 is 22.9 Å². The first-order chi connectivity index (χ1) is 12.6. The summed E-state index contributed by atoms with van der Waals surface area (Å²) in [4.78, 5) is 27.8. The summed E-state index contributed by atoms with van der Waals surface area (Å²) in [7, 11) is 0. The monoisotopic (exact) mass is 379 g/mol. The minimum atomic E-state index is -0.184. The zero-order chi connectivity index (χ0) is 18.1. The van der Waals surface area contributed by atoms with E-state index < -0.39 is 0 Å². The Hall–Kier alpha value is -2.69. The van der Waals surface area contributed by atoms with Gasteiger partial charge in [0.25, 0.3) is 5.91 Å². The second-order valence-corrected chi connectivity index (χ2v) is 7.25. The fourth-order valence-corrected chi connectivity index (χ4v) is 3.85. The maximum absolute atomic E-state index is 13.0. The number of thiophene rings is 1. The van der Waals surface area contributed by atoms with Gasteiger partial charge < -0.3 is 4.90 Å². The van der Waals surface area contributed by atoms with Crippen LogP contribution in [0.3, 0.4) is 0 Å². The highest BCUT2D eigenvalue weighted by Gasteiger charge is 2.33. The van der Waals surface area contributed by atoms with Crippen LogP contribution in [0.15, 0.2) is 72.1 Å². The number of carbonyl (C=O) groups is 2. The van der Waals surface area contributed by atoms with E-state index in [0.29, 0.717) is 22.0 Å². The van der Waals surface area contributed by atoms with Gasteiger partial charge in [0.2, 0.25) is 0 Å². The number of benzene rings is 2. The zero-order valence-corrected chi connectivity index (χ0v) is 15.3. The average molecular weight is 380 g/mol. The number of nitrogens with zero attached hydrogens (tertiary/aromatic N) is 1. The van der Waals surface area contributed by atoms with Gasteiger partial charge in [-0.15, -0.1) is 11.3 Å². The molecule has 3 aromatic rings. The molecule has 2 aromatic carbocycles. The Labute approximate surface area is 160 Å². The number of carbonyl (C=O) groups excluding carboxylic acids is 2. The molecule has 0 saturated carbocycles. The molecule has 1 amide bonds. The molecule has 2 heterocycles. The minimum absolute atomic E-state index is 0.155. The molecule has 0 saturated heterocycles. The molecule has 1 aliphatic rings. The van der Waals surface area contributed by atoms with Gasteiger partial charge in [-0.2, -0.15) is 0 Å². The molecule has 1 aliphatic heterocycles. The first-order valence-electron chi connectivity index (χ1n) is 8.09. The van der Waals surface area contributed by atoms with Crippen molar-refractivity contribution in [3.63, 3.8) is 0 Å². The molecule has 3 nitrogen and oxygen atoms in total. The van der Waals surface area contributed by atoms with Crippen molar-refractivity contribution in [2.75, 3.05) is 4.90 Å². The molecule has 0 bridgehead atoms. The van der Waals surface area contributed by atoms with Gasteiger partial charge in [-0.05, 0) is 29.1 Å². The Morgan fingerprint density at radius 2 is 1.81 bits per heavy atom. The summed E-state index contributed by atoms with van der Waals surface area (Å²) < 4.78 is 0. The molecule has 4 rings (SSSR count). The maximum Gasteiger partial charge on any atom is 0.259 e. The van der Waals surface area contributed by atoms with Crippen LogP contribution in [-0.2, 0) is 11.3 Å². The summed E-state index contributed by atoms with van der Waals surface area (Å²) in [5, 5.41) is 2.46. The number of halogens is 1. The number of amides is 1. The van der Waals surface area contributed by atoms with E-state index >= 15 is 0 Å². The van der Waals surface area contributed by atoms with Gasteiger partial charge >= 0.3 is 0 Å². The summed E-state index contributed by atoms with van der Waals surface area (Å²) in [6, 6.07) is 18.6. The summed E-state index contributed by atoms with van der Waals surface area (Å²) in [6.45, 7) is 0.361. The first-order valence-corrected chi connectivity index (χ1v) is 9.35. The van der Waals surface area contributed by atoms with Crippen molar-refractivity contribution in [1.29, 1.82) is 0 Å². The number of ketones is 1. The van der Waals surface area contributed by atoms with Crippen molar-refractivity contribution in [3.8, 4) is 0 Å². The van der Waals surface area contributed by atoms with Crippen LogP contribution in [0.1, 0.15) is 20.8 Å². The first kappa shape index (κ1) is 16.8. The topological polar surface area (TPSA) is 37.4 Å². The fraction of sp³-hybridized carbons (Fsp3) is 0.0476. The predicted octanol–water partition coefficient (Wildman–Crippen LogP) is 5.21. The maximum atomic E-state index is 13.0. The number of hydrogen-bond donors (Lipinski definition) is 0. The number of fused-ring (bicyclic) bond motifs is 1. The van der Waals surface area contributed by atoms with Crippen LogP contribution in [0.25, 0.3) is 5.57 Å². The van der Waals surface area contributed by atoms with Crippen LogP contribution < -0.4 is 4.90 Å². The summed E-state index contributed by atoms with van der Waals surface area (Å²) in [6.07, 6.45) is 1.44. The lowest BCUT2D eigenvalue weighted by molar-refractivity contribution is -0.113. The standard InChI is InChI=1S/C21H14ClNO2S/c22-17-8-3-1-6-14(17)13-23-18-9-4-2-7-15(18)16(21(23)25)12-19(24)20-10-5-11-26-20/h1-12H,13H2. The number of rotatable bonds is 4. The highest BCUT2D eigenvalue weighted by Crippen LogP contribution is 2.38. The molecule has 0 N–H and O–H groups in total. The van der Waals surface area contributed by atoms with Crippen LogP contribution in [0.5, 0.6) is 0 Å². The van der Waals surface area contributed by atoms with E-state index in [-0.39, 0.29) is 11.7 Å². The summed E-state index contributed by atoms with van der Waals surface area (Å²) >= 11 is 7.63. The minimum Gasteiger partial charge on any atom is -0.303 e. The smallest absolute Gasteiger partial charge is 0.259 e. The molecule has 0 unspecified atom stereocenters. The van der Waals surface area contributed by atoms with Crippen molar-refractivity contribution < 1.29 is 9.59 Å². The van der Waals surface area contributed by atoms with Crippen molar-refractivity contribution in [2.24, 2.45) is 0 Å². The second kappa shape index (κ2) is 6.90. The van der Waals surface area contributed by atoms with Gasteiger partial charge in [-0.25, -0.2) is 0 Å². The molecular weight excluding hydrogens is 366 g/mol. The van der Waals surface area contributed by atoms with E-state index in [2.05, 4.69) is 0 Å². The van der Waals surface area contributed by atoms with Crippen molar-refractivity contribution in [2.45, 2.75) is 6.54 Å². The number of anilines is 1. The fourth-order valence-electron chi connectivity index (χ4n) is 3.02.